The molecule has 6 heteroatoms. The molecule has 19 heavy (non-hydrogen) atoms. The van der Waals surface area contributed by atoms with Gasteiger partial charge in [0.15, 0.2) is 0 Å². The van der Waals surface area contributed by atoms with E-state index in [2.05, 4.69) is 0 Å². The van der Waals surface area contributed by atoms with E-state index in [4.69, 9.17) is 5.11 Å². The molecule has 0 heterocycles. The first-order valence-electron chi connectivity index (χ1n) is 5.76. The SMILES string of the molecule is CC(c1ccccc1O)N(C)C(=O)CSCC(=O)O. The van der Waals surface area contributed by atoms with Crippen LogP contribution in [0.15, 0.2) is 24.3 Å². The lowest BCUT2D eigenvalue weighted by atomic mass is 10.1. The molecule has 0 saturated heterocycles. The van der Waals surface area contributed by atoms with Crippen LogP contribution in [0.3, 0.4) is 0 Å². The highest BCUT2D eigenvalue weighted by atomic mass is 32.2. The van der Waals surface area contributed by atoms with Crippen molar-refractivity contribution in [2.45, 2.75) is 13.0 Å². The normalized spacial score (nSPS) is 11.9. The average Bonchev–Trinajstić information content (AvgIpc) is 2.37. The summed E-state index contributed by atoms with van der Waals surface area (Å²) >= 11 is 1.06. The summed E-state index contributed by atoms with van der Waals surface area (Å²) in [5.41, 5.74) is 0.668. The minimum atomic E-state index is -0.936. The van der Waals surface area contributed by atoms with Crippen LogP contribution in [0.25, 0.3) is 0 Å². The van der Waals surface area contributed by atoms with E-state index in [1.807, 2.05) is 6.92 Å². The summed E-state index contributed by atoms with van der Waals surface area (Å²) in [4.78, 5) is 23.8. The maximum Gasteiger partial charge on any atom is 0.313 e. The lowest BCUT2D eigenvalue weighted by Crippen LogP contribution is -2.31. The molecule has 104 valence electrons. The van der Waals surface area contributed by atoms with Gasteiger partial charge in [-0.2, -0.15) is 0 Å². The summed E-state index contributed by atoms with van der Waals surface area (Å²) in [6, 6.07) is 6.58. The van der Waals surface area contributed by atoms with Crippen molar-refractivity contribution in [3.8, 4) is 5.75 Å². The number of phenols is 1. The lowest BCUT2D eigenvalue weighted by molar-refractivity contribution is -0.133. The molecule has 1 aromatic carbocycles. The minimum absolute atomic E-state index is 0.0927. The number of amides is 1. The van der Waals surface area contributed by atoms with Gasteiger partial charge in [0.25, 0.3) is 0 Å². The number of carboxylic acid groups (broad SMARTS) is 1. The zero-order chi connectivity index (χ0) is 14.4. The Morgan fingerprint density at radius 3 is 2.53 bits per heavy atom. The number of carboxylic acids is 1. The molecule has 0 bridgehead atoms. The molecule has 1 amide bonds. The number of carbonyl (C=O) groups excluding carboxylic acids is 1. The van der Waals surface area contributed by atoms with Crippen molar-refractivity contribution >= 4 is 23.6 Å². The van der Waals surface area contributed by atoms with E-state index in [9.17, 15) is 14.7 Å². The van der Waals surface area contributed by atoms with Gasteiger partial charge in [0, 0.05) is 12.6 Å². The standard InChI is InChI=1S/C13H17NO4S/c1-9(10-5-3-4-6-11(10)15)14(2)12(16)7-19-8-13(17)18/h3-6,9,15H,7-8H2,1-2H3,(H,17,18). The minimum Gasteiger partial charge on any atom is -0.508 e. The van der Waals surface area contributed by atoms with Gasteiger partial charge in [-0.05, 0) is 13.0 Å². The Labute approximate surface area is 116 Å². The van der Waals surface area contributed by atoms with E-state index in [-0.39, 0.29) is 29.2 Å². The molecule has 0 spiro atoms. The summed E-state index contributed by atoms with van der Waals surface area (Å²) in [5.74, 6) is -0.935. The molecule has 0 aliphatic carbocycles. The number of hydrogen-bond acceptors (Lipinski definition) is 4. The molecule has 0 fully saturated rings. The van der Waals surface area contributed by atoms with Crippen LogP contribution in [-0.2, 0) is 9.59 Å². The van der Waals surface area contributed by atoms with Crippen molar-refractivity contribution < 1.29 is 19.8 Å². The number of hydrogen-bond donors (Lipinski definition) is 2. The Bertz CT molecular complexity index is 464. The van der Waals surface area contributed by atoms with Crippen molar-refractivity contribution in [3.63, 3.8) is 0 Å². The number of benzene rings is 1. The van der Waals surface area contributed by atoms with Crippen LogP contribution in [0.4, 0.5) is 0 Å². The largest absolute Gasteiger partial charge is 0.508 e. The molecule has 0 aromatic heterocycles. The number of rotatable bonds is 6. The van der Waals surface area contributed by atoms with Gasteiger partial charge in [0.05, 0.1) is 17.5 Å². The van der Waals surface area contributed by atoms with E-state index < -0.39 is 5.97 Å². The van der Waals surface area contributed by atoms with Crippen molar-refractivity contribution in [2.75, 3.05) is 18.6 Å². The van der Waals surface area contributed by atoms with Gasteiger partial charge >= 0.3 is 5.97 Å². The highest BCUT2D eigenvalue weighted by Crippen LogP contribution is 2.27. The Balaban J connectivity index is 2.61. The fraction of sp³-hybridized carbons (Fsp3) is 0.385. The molecule has 0 aliphatic heterocycles. The predicted molar refractivity (Wildman–Crippen MR) is 74.3 cm³/mol. The molecule has 1 aromatic rings. The van der Waals surface area contributed by atoms with Gasteiger partial charge in [-0.3, -0.25) is 9.59 Å². The first-order valence-corrected chi connectivity index (χ1v) is 6.92. The Morgan fingerprint density at radius 1 is 1.32 bits per heavy atom. The highest BCUT2D eigenvalue weighted by molar-refractivity contribution is 8.00. The first kappa shape index (κ1) is 15.4. The van der Waals surface area contributed by atoms with Crippen LogP contribution in [-0.4, -0.2) is 45.5 Å². The van der Waals surface area contributed by atoms with Gasteiger partial charge in [-0.25, -0.2) is 0 Å². The van der Waals surface area contributed by atoms with Crippen molar-refractivity contribution in [2.24, 2.45) is 0 Å². The maximum atomic E-state index is 11.9. The van der Waals surface area contributed by atoms with E-state index in [0.717, 1.165) is 11.8 Å². The van der Waals surface area contributed by atoms with Crippen LogP contribution in [0, 0.1) is 0 Å². The van der Waals surface area contributed by atoms with Crippen LogP contribution < -0.4 is 0 Å². The summed E-state index contributed by atoms with van der Waals surface area (Å²) in [6.07, 6.45) is 0. The van der Waals surface area contributed by atoms with Crippen molar-refractivity contribution in [1.29, 1.82) is 0 Å². The molecule has 0 aliphatic rings. The topological polar surface area (TPSA) is 77.8 Å². The van der Waals surface area contributed by atoms with Gasteiger partial charge in [0.1, 0.15) is 5.75 Å². The summed E-state index contributed by atoms with van der Waals surface area (Å²) in [7, 11) is 1.64. The van der Waals surface area contributed by atoms with Gasteiger partial charge in [-0.15, -0.1) is 11.8 Å². The van der Waals surface area contributed by atoms with Gasteiger partial charge in [0.2, 0.25) is 5.91 Å². The average molecular weight is 283 g/mol. The second-order valence-electron chi connectivity index (χ2n) is 4.13. The predicted octanol–water partition coefficient (Wildman–Crippen LogP) is 1.73. The maximum absolute atomic E-state index is 11.9. The number of nitrogens with zero attached hydrogens (tertiary/aromatic N) is 1. The first-order chi connectivity index (χ1) is 8.93. The molecule has 0 saturated carbocycles. The number of para-hydroxylation sites is 1. The molecule has 2 N–H and O–H groups in total. The van der Waals surface area contributed by atoms with E-state index in [1.54, 1.807) is 31.3 Å². The number of phenolic OH excluding ortho intramolecular Hbond substituents is 1. The van der Waals surface area contributed by atoms with Crippen LogP contribution in [0.2, 0.25) is 0 Å². The van der Waals surface area contributed by atoms with E-state index in [0.29, 0.717) is 5.56 Å². The molecule has 1 atom stereocenters. The zero-order valence-corrected chi connectivity index (χ0v) is 11.7. The smallest absolute Gasteiger partial charge is 0.313 e. The van der Waals surface area contributed by atoms with Crippen molar-refractivity contribution in [1.82, 2.24) is 4.90 Å². The second kappa shape index (κ2) is 7.04. The Hall–Kier alpha value is -1.69. The van der Waals surface area contributed by atoms with Crippen LogP contribution in [0.1, 0.15) is 18.5 Å². The molecule has 5 nitrogen and oxygen atoms in total. The third kappa shape index (κ3) is 4.48. The van der Waals surface area contributed by atoms with Gasteiger partial charge in [-0.1, -0.05) is 18.2 Å². The Kier molecular flexibility index (Phi) is 5.69. The van der Waals surface area contributed by atoms with Crippen molar-refractivity contribution in [3.05, 3.63) is 29.8 Å². The molecule has 1 unspecified atom stereocenters. The van der Waals surface area contributed by atoms with Gasteiger partial charge < -0.3 is 15.1 Å². The lowest BCUT2D eigenvalue weighted by Gasteiger charge is -2.25. The summed E-state index contributed by atoms with van der Waals surface area (Å²) in [5, 5.41) is 18.2. The summed E-state index contributed by atoms with van der Waals surface area (Å²) in [6.45, 7) is 1.81. The second-order valence-corrected chi connectivity index (χ2v) is 5.11. The highest BCUT2D eigenvalue weighted by Gasteiger charge is 2.19. The number of thioether (sulfide) groups is 1. The van der Waals surface area contributed by atoms with E-state index in [1.165, 1.54) is 4.90 Å². The van der Waals surface area contributed by atoms with Crippen LogP contribution in [0.5, 0.6) is 5.75 Å². The fourth-order valence-electron chi connectivity index (χ4n) is 1.59. The fourth-order valence-corrected chi connectivity index (χ4v) is 2.25. The quantitative estimate of drug-likeness (QED) is 0.831. The molecule has 0 radical (unpaired) electrons. The molecule has 1 rings (SSSR count). The van der Waals surface area contributed by atoms with Crippen LogP contribution >= 0.6 is 11.8 Å². The zero-order valence-electron chi connectivity index (χ0n) is 10.9. The number of aliphatic carboxylic acids is 1. The molecular weight excluding hydrogens is 266 g/mol. The Morgan fingerprint density at radius 2 is 1.95 bits per heavy atom. The van der Waals surface area contributed by atoms with E-state index >= 15 is 0 Å². The number of carbonyl (C=O) groups is 2. The third-order valence-electron chi connectivity index (χ3n) is 2.81. The number of aromatic hydroxyl groups is 1. The monoisotopic (exact) mass is 283 g/mol. The summed E-state index contributed by atoms with van der Waals surface area (Å²) < 4.78 is 0. The third-order valence-corrected chi connectivity index (χ3v) is 3.71. The molecular formula is C13H17NO4S.